The number of imidazole rings is 1. The van der Waals surface area contributed by atoms with Gasteiger partial charge < -0.3 is 10.6 Å². The first kappa shape index (κ1) is 29.4. The van der Waals surface area contributed by atoms with Crippen LogP contribution in [0.1, 0.15) is 103 Å². The molecule has 16 heteroatoms. The van der Waals surface area contributed by atoms with Crippen LogP contribution in [-0.2, 0) is 4.79 Å². The molecule has 0 aromatic carbocycles. The molecule has 3 heterocycles. The average molecular weight is 614 g/mol. The molecular formula is C27H29F6N7O3. The van der Waals surface area contributed by atoms with Crippen molar-refractivity contribution in [2.75, 3.05) is 0 Å². The van der Waals surface area contributed by atoms with Gasteiger partial charge in [0, 0.05) is 43.6 Å². The van der Waals surface area contributed by atoms with E-state index in [0.717, 1.165) is 19.0 Å². The Morgan fingerprint density at radius 3 is 2.40 bits per heavy atom. The van der Waals surface area contributed by atoms with Gasteiger partial charge in [-0.05, 0) is 48.7 Å². The van der Waals surface area contributed by atoms with Crippen molar-refractivity contribution in [2.45, 2.75) is 94.1 Å². The summed E-state index contributed by atoms with van der Waals surface area (Å²) in [7, 11) is 0. The molecule has 2 amide bonds. The summed E-state index contributed by atoms with van der Waals surface area (Å²) in [6, 6.07) is -1.29. The molecule has 0 saturated heterocycles. The second kappa shape index (κ2) is 11.1. The van der Waals surface area contributed by atoms with Crippen LogP contribution in [0.25, 0.3) is 5.65 Å². The zero-order valence-electron chi connectivity index (χ0n) is 22.8. The topological polar surface area (TPSA) is 127 Å². The Morgan fingerprint density at radius 2 is 1.74 bits per heavy atom. The van der Waals surface area contributed by atoms with E-state index in [0.29, 0.717) is 5.69 Å². The number of nitrogens with one attached hydrogen (secondary N) is 2. The minimum atomic E-state index is -3.03. The van der Waals surface area contributed by atoms with Gasteiger partial charge in [-0.3, -0.25) is 9.59 Å². The molecule has 3 aliphatic carbocycles. The molecule has 10 nitrogen and oxygen atoms in total. The number of alkyl halides is 6. The number of hydrogen-bond acceptors (Lipinski definition) is 7. The van der Waals surface area contributed by atoms with Crippen molar-refractivity contribution in [3.8, 4) is 0 Å². The molecule has 6 rings (SSSR count). The first-order valence-electron chi connectivity index (χ1n) is 14.2. The molecular weight excluding hydrogens is 584 g/mol. The van der Waals surface area contributed by atoms with Crippen LogP contribution in [0, 0.1) is 11.8 Å². The van der Waals surface area contributed by atoms with E-state index in [9.17, 15) is 35.9 Å². The van der Waals surface area contributed by atoms with Crippen molar-refractivity contribution in [3.05, 3.63) is 41.1 Å². The van der Waals surface area contributed by atoms with Gasteiger partial charge >= 0.3 is 0 Å². The van der Waals surface area contributed by atoms with E-state index >= 15 is 0 Å². The maximum Gasteiger partial charge on any atom is 0.276 e. The zero-order valence-corrected chi connectivity index (χ0v) is 22.8. The van der Waals surface area contributed by atoms with Crippen molar-refractivity contribution < 1.29 is 40.6 Å². The summed E-state index contributed by atoms with van der Waals surface area (Å²) in [5, 5.41) is 16.8. The summed E-state index contributed by atoms with van der Waals surface area (Å²) >= 11 is 0. The molecule has 232 valence electrons. The summed E-state index contributed by atoms with van der Waals surface area (Å²) < 4.78 is 88.2. The van der Waals surface area contributed by atoms with E-state index in [4.69, 9.17) is 4.63 Å². The Bertz CT molecular complexity index is 1490. The molecule has 2 N–H and O–H groups in total. The van der Waals surface area contributed by atoms with Gasteiger partial charge in [-0.15, -0.1) is 0 Å². The van der Waals surface area contributed by atoms with Gasteiger partial charge in [0.25, 0.3) is 12.3 Å². The van der Waals surface area contributed by atoms with Crippen LogP contribution >= 0.6 is 0 Å². The van der Waals surface area contributed by atoms with Gasteiger partial charge in [0.1, 0.15) is 11.7 Å². The normalized spacial score (nSPS) is 21.8. The second-order valence-corrected chi connectivity index (χ2v) is 11.9. The lowest BCUT2D eigenvalue weighted by molar-refractivity contribution is -0.135. The van der Waals surface area contributed by atoms with Gasteiger partial charge in [0.05, 0.1) is 24.1 Å². The average Bonchev–Trinajstić information content (AvgIpc) is 3.48. The second-order valence-electron chi connectivity index (χ2n) is 11.9. The Balaban J connectivity index is 1.23. The number of aromatic nitrogens is 5. The number of fused-ring (bicyclic) bond motifs is 1. The highest BCUT2D eigenvalue weighted by atomic mass is 19.3. The fraction of sp³-hybridized carbons (Fsp3) is 0.630. The Hall–Kier alpha value is -3.72. The first-order valence-corrected chi connectivity index (χ1v) is 14.2. The van der Waals surface area contributed by atoms with E-state index < -0.39 is 66.8 Å². The Kier molecular flexibility index (Phi) is 7.57. The van der Waals surface area contributed by atoms with Crippen molar-refractivity contribution in [1.82, 2.24) is 35.5 Å². The first-order chi connectivity index (χ1) is 20.4. The van der Waals surface area contributed by atoms with Gasteiger partial charge in [-0.1, -0.05) is 5.16 Å². The van der Waals surface area contributed by atoms with Crippen LogP contribution < -0.4 is 10.6 Å². The standard InChI is InChI=1S/C27H29F6N7O3/c28-24(29)22(36-19(41)7-13-9-27(32,33)10-13)16-8-18-35-17(12-40(18)34-11-16)20(15-3-5-26(30,31)6-4-15)37-25(42)23-21(14-1-2-14)38-43-39-23/h8,11-15,20,22,24H,1-7,9-10H2,(H,36,41)(H,37,42)/t20-,22-/m0/s1. The molecule has 43 heavy (non-hydrogen) atoms. The minimum absolute atomic E-state index is 0.0129. The highest BCUT2D eigenvalue weighted by Gasteiger charge is 2.46. The molecule has 3 fully saturated rings. The lowest BCUT2D eigenvalue weighted by Gasteiger charge is -2.34. The monoisotopic (exact) mass is 613 g/mol. The largest absolute Gasteiger partial charge is 0.343 e. The smallest absolute Gasteiger partial charge is 0.276 e. The van der Waals surface area contributed by atoms with E-state index in [1.54, 1.807) is 0 Å². The molecule has 0 aliphatic heterocycles. The van der Waals surface area contributed by atoms with Crippen molar-refractivity contribution in [1.29, 1.82) is 0 Å². The van der Waals surface area contributed by atoms with Gasteiger partial charge in [-0.25, -0.2) is 40.5 Å². The van der Waals surface area contributed by atoms with Crippen LogP contribution in [-0.4, -0.2) is 55.0 Å². The molecule has 3 aromatic heterocycles. The van der Waals surface area contributed by atoms with E-state index in [2.05, 4.69) is 31.0 Å². The highest BCUT2D eigenvalue weighted by Crippen LogP contribution is 2.45. The maximum absolute atomic E-state index is 14.0. The number of rotatable bonds is 10. The quantitative estimate of drug-likeness (QED) is 0.303. The Morgan fingerprint density at radius 1 is 1.02 bits per heavy atom. The fourth-order valence-corrected chi connectivity index (χ4v) is 5.96. The molecule has 3 aliphatic rings. The molecule has 2 atom stereocenters. The highest BCUT2D eigenvalue weighted by molar-refractivity contribution is 5.93. The van der Waals surface area contributed by atoms with E-state index in [-0.39, 0.29) is 60.6 Å². The predicted molar refractivity (Wildman–Crippen MR) is 136 cm³/mol. The lowest BCUT2D eigenvalue weighted by Crippen LogP contribution is -2.40. The van der Waals surface area contributed by atoms with Gasteiger partial charge in [0.15, 0.2) is 11.3 Å². The number of carbonyl (C=O) groups excluding carboxylic acids is 2. The molecule has 3 aromatic rings. The van der Waals surface area contributed by atoms with Crippen molar-refractivity contribution in [2.24, 2.45) is 11.8 Å². The zero-order chi connectivity index (χ0) is 30.5. The van der Waals surface area contributed by atoms with Gasteiger partial charge in [-0.2, -0.15) is 5.10 Å². The summed E-state index contributed by atoms with van der Waals surface area (Å²) in [6.45, 7) is 0. The van der Waals surface area contributed by atoms with Gasteiger partial charge in [0.2, 0.25) is 17.8 Å². The molecule has 0 radical (unpaired) electrons. The number of halogens is 6. The summed E-state index contributed by atoms with van der Waals surface area (Å²) in [5.41, 5.74) is 0.778. The SMILES string of the molecule is O=C(CC1CC(F)(F)C1)N[C@@H](c1cnn2cc([C@@H](NC(=O)c3nonc3C3CC3)C3CCC(F)(F)CC3)nc2c1)C(F)F. The summed E-state index contributed by atoms with van der Waals surface area (Å²) in [5.74, 6) is -7.95. The number of hydrogen-bond donors (Lipinski definition) is 2. The fourth-order valence-electron chi connectivity index (χ4n) is 5.96. The minimum Gasteiger partial charge on any atom is -0.343 e. The van der Waals surface area contributed by atoms with Crippen molar-refractivity contribution >= 4 is 17.5 Å². The number of carbonyl (C=O) groups is 2. The number of amides is 2. The third kappa shape index (κ3) is 6.47. The maximum atomic E-state index is 14.0. The third-order valence-electron chi connectivity index (χ3n) is 8.47. The van der Waals surface area contributed by atoms with Crippen LogP contribution in [0.5, 0.6) is 0 Å². The summed E-state index contributed by atoms with van der Waals surface area (Å²) in [6.07, 6.45) is -0.500. The van der Waals surface area contributed by atoms with Crippen molar-refractivity contribution in [3.63, 3.8) is 0 Å². The lowest BCUT2D eigenvalue weighted by atomic mass is 9.79. The Labute approximate surface area is 240 Å². The molecule has 0 unspecified atom stereocenters. The van der Waals surface area contributed by atoms with Crippen LogP contribution in [0.4, 0.5) is 26.3 Å². The van der Waals surface area contributed by atoms with Crippen LogP contribution in [0.15, 0.2) is 23.1 Å². The number of nitrogens with zero attached hydrogens (tertiary/aromatic N) is 5. The van der Waals surface area contributed by atoms with Crippen LogP contribution in [0.3, 0.4) is 0 Å². The molecule has 0 spiro atoms. The molecule has 0 bridgehead atoms. The molecule has 3 saturated carbocycles. The van der Waals surface area contributed by atoms with E-state index in [1.807, 2.05) is 0 Å². The predicted octanol–water partition coefficient (Wildman–Crippen LogP) is 5.14. The van der Waals surface area contributed by atoms with E-state index in [1.165, 1.54) is 16.8 Å². The van der Waals surface area contributed by atoms with Crippen LogP contribution in [0.2, 0.25) is 0 Å². The summed E-state index contributed by atoms with van der Waals surface area (Å²) in [4.78, 5) is 30.1. The third-order valence-corrected chi connectivity index (χ3v) is 8.47.